The molecule has 0 amide bonds. The maximum Gasteiger partial charge on any atom is 0.128 e. The molecular weight excluding hydrogens is 250 g/mol. The van der Waals surface area contributed by atoms with Gasteiger partial charge in [-0.2, -0.15) is 0 Å². The summed E-state index contributed by atoms with van der Waals surface area (Å²) in [5, 5.41) is 0. The van der Waals surface area contributed by atoms with Crippen molar-refractivity contribution in [1.82, 2.24) is 10.4 Å². The van der Waals surface area contributed by atoms with Crippen molar-refractivity contribution in [2.75, 3.05) is 7.11 Å². The number of hydrogen-bond acceptors (Lipinski definition) is 4. The minimum absolute atomic E-state index is 0.335. The van der Waals surface area contributed by atoms with Crippen molar-refractivity contribution in [2.45, 2.75) is 45.6 Å². The molecule has 0 bridgehead atoms. The molecule has 20 heavy (non-hydrogen) atoms. The Kier molecular flexibility index (Phi) is 3.69. The van der Waals surface area contributed by atoms with Gasteiger partial charge in [-0.3, -0.25) is 16.3 Å². The monoisotopic (exact) mass is 275 g/mol. The molecule has 0 radical (unpaired) electrons. The van der Waals surface area contributed by atoms with Gasteiger partial charge in [-0.25, -0.2) is 0 Å². The molecule has 4 nitrogen and oxygen atoms in total. The van der Waals surface area contributed by atoms with Crippen molar-refractivity contribution in [3.63, 3.8) is 0 Å². The molecule has 110 valence electrons. The SMILES string of the molecule is COc1c(C)cnc(CC(NN)C2CC3CC3C2)c1C. The fourth-order valence-corrected chi connectivity index (χ4v) is 3.94. The van der Waals surface area contributed by atoms with Crippen LogP contribution in [-0.2, 0) is 6.42 Å². The summed E-state index contributed by atoms with van der Waals surface area (Å²) < 4.78 is 5.49. The van der Waals surface area contributed by atoms with Crippen LogP contribution in [0.5, 0.6) is 5.75 Å². The molecule has 0 spiro atoms. The Morgan fingerprint density at radius 3 is 2.65 bits per heavy atom. The lowest BCUT2D eigenvalue weighted by Gasteiger charge is -2.24. The number of pyridine rings is 1. The van der Waals surface area contributed by atoms with Crippen LogP contribution in [0.15, 0.2) is 6.20 Å². The minimum Gasteiger partial charge on any atom is -0.496 e. The lowest BCUT2D eigenvalue weighted by atomic mass is 9.90. The molecule has 4 heteroatoms. The first-order valence-electron chi connectivity index (χ1n) is 7.59. The lowest BCUT2D eigenvalue weighted by Crippen LogP contribution is -2.42. The van der Waals surface area contributed by atoms with Crippen molar-refractivity contribution in [3.8, 4) is 5.75 Å². The number of nitrogens with two attached hydrogens (primary N) is 1. The second kappa shape index (κ2) is 5.34. The van der Waals surface area contributed by atoms with Gasteiger partial charge in [0.1, 0.15) is 5.75 Å². The summed E-state index contributed by atoms with van der Waals surface area (Å²) in [4.78, 5) is 4.60. The molecule has 0 aliphatic heterocycles. The highest BCUT2D eigenvalue weighted by atomic mass is 16.5. The van der Waals surface area contributed by atoms with Gasteiger partial charge in [0.2, 0.25) is 0 Å². The molecule has 1 aromatic heterocycles. The maximum atomic E-state index is 5.80. The van der Waals surface area contributed by atoms with Crippen molar-refractivity contribution in [2.24, 2.45) is 23.6 Å². The average Bonchev–Trinajstić information content (AvgIpc) is 3.05. The molecule has 2 aliphatic carbocycles. The van der Waals surface area contributed by atoms with Crippen LogP contribution in [0.4, 0.5) is 0 Å². The molecular formula is C16H25N3O. The molecule has 0 aromatic carbocycles. The molecule has 1 aromatic rings. The molecule has 2 aliphatic rings. The number of hydrazine groups is 1. The van der Waals surface area contributed by atoms with Gasteiger partial charge in [-0.15, -0.1) is 0 Å². The van der Waals surface area contributed by atoms with Crippen molar-refractivity contribution >= 4 is 0 Å². The summed E-state index contributed by atoms with van der Waals surface area (Å²) in [5.41, 5.74) is 6.38. The zero-order valence-corrected chi connectivity index (χ0v) is 12.6. The van der Waals surface area contributed by atoms with E-state index in [0.717, 1.165) is 40.8 Å². The van der Waals surface area contributed by atoms with Gasteiger partial charge in [0.25, 0.3) is 0 Å². The summed E-state index contributed by atoms with van der Waals surface area (Å²) in [5.74, 6) is 9.43. The molecule has 3 atom stereocenters. The van der Waals surface area contributed by atoms with E-state index in [-0.39, 0.29) is 0 Å². The smallest absolute Gasteiger partial charge is 0.128 e. The third kappa shape index (κ3) is 2.42. The normalized spacial score (nSPS) is 29.1. The van der Waals surface area contributed by atoms with Gasteiger partial charge in [-0.1, -0.05) is 0 Å². The Hall–Kier alpha value is -1.13. The van der Waals surface area contributed by atoms with Crippen molar-refractivity contribution in [3.05, 3.63) is 23.0 Å². The van der Waals surface area contributed by atoms with Crippen LogP contribution in [0.25, 0.3) is 0 Å². The van der Waals surface area contributed by atoms with E-state index in [1.54, 1.807) is 7.11 Å². The topological polar surface area (TPSA) is 60.2 Å². The van der Waals surface area contributed by atoms with Gasteiger partial charge >= 0.3 is 0 Å². The molecule has 2 saturated carbocycles. The summed E-state index contributed by atoms with van der Waals surface area (Å²) in [6, 6.07) is 0.335. The van der Waals surface area contributed by atoms with Crippen LogP contribution in [0, 0.1) is 31.6 Å². The van der Waals surface area contributed by atoms with E-state index in [4.69, 9.17) is 10.6 Å². The van der Waals surface area contributed by atoms with E-state index >= 15 is 0 Å². The lowest BCUT2D eigenvalue weighted by molar-refractivity contribution is 0.332. The Morgan fingerprint density at radius 1 is 1.35 bits per heavy atom. The van der Waals surface area contributed by atoms with Gasteiger partial charge in [0.05, 0.1) is 7.11 Å². The Bertz CT molecular complexity index is 493. The number of rotatable bonds is 5. The van der Waals surface area contributed by atoms with E-state index < -0.39 is 0 Å². The van der Waals surface area contributed by atoms with Gasteiger partial charge in [0.15, 0.2) is 0 Å². The number of nitrogens with one attached hydrogen (secondary N) is 1. The van der Waals surface area contributed by atoms with E-state index in [1.807, 2.05) is 13.1 Å². The third-order valence-electron chi connectivity index (χ3n) is 5.23. The van der Waals surface area contributed by atoms with Crippen molar-refractivity contribution in [1.29, 1.82) is 0 Å². The predicted octanol–water partition coefficient (Wildman–Crippen LogP) is 2.13. The van der Waals surface area contributed by atoms with Crippen LogP contribution in [0.1, 0.15) is 36.1 Å². The first kappa shape index (κ1) is 13.8. The van der Waals surface area contributed by atoms with Gasteiger partial charge < -0.3 is 4.74 Å². The summed E-state index contributed by atoms with van der Waals surface area (Å²) in [6.45, 7) is 4.12. The van der Waals surface area contributed by atoms with Gasteiger partial charge in [-0.05, 0) is 50.9 Å². The highest BCUT2D eigenvalue weighted by molar-refractivity contribution is 5.41. The fourth-order valence-electron chi connectivity index (χ4n) is 3.94. The summed E-state index contributed by atoms with van der Waals surface area (Å²) in [7, 11) is 1.72. The van der Waals surface area contributed by atoms with Crippen LogP contribution >= 0.6 is 0 Å². The Balaban J connectivity index is 1.75. The zero-order valence-electron chi connectivity index (χ0n) is 12.6. The predicted molar refractivity (Wildman–Crippen MR) is 79.4 cm³/mol. The van der Waals surface area contributed by atoms with Crippen molar-refractivity contribution < 1.29 is 4.74 Å². The van der Waals surface area contributed by atoms with Crippen LogP contribution < -0.4 is 16.0 Å². The van der Waals surface area contributed by atoms with Gasteiger partial charge in [0, 0.05) is 35.5 Å². The summed E-state index contributed by atoms with van der Waals surface area (Å²) >= 11 is 0. The number of fused-ring (bicyclic) bond motifs is 1. The fraction of sp³-hybridized carbons (Fsp3) is 0.688. The highest BCUT2D eigenvalue weighted by Gasteiger charge is 2.47. The van der Waals surface area contributed by atoms with Crippen LogP contribution in [0.3, 0.4) is 0 Å². The molecule has 3 unspecified atom stereocenters. The number of ether oxygens (including phenoxy) is 1. The quantitative estimate of drug-likeness (QED) is 0.638. The number of methoxy groups -OCH3 is 1. The molecule has 3 N–H and O–H groups in total. The second-order valence-electron chi connectivity index (χ2n) is 6.51. The molecule has 0 saturated heterocycles. The molecule has 1 heterocycles. The average molecular weight is 275 g/mol. The Labute approximate surface area is 121 Å². The number of hydrogen-bond donors (Lipinski definition) is 2. The first-order chi connectivity index (χ1) is 9.63. The minimum atomic E-state index is 0.335. The first-order valence-corrected chi connectivity index (χ1v) is 7.59. The van der Waals surface area contributed by atoms with Crippen LogP contribution in [0.2, 0.25) is 0 Å². The standard InChI is InChI=1S/C16H25N3O/c1-9-8-18-14(10(2)16(9)20-3)7-15(19-17)13-5-11-4-12(11)6-13/h8,11-13,15,19H,4-7,17H2,1-3H3. The molecule has 3 rings (SSSR count). The number of aromatic nitrogens is 1. The van der Waals surface area contributed by atoms with Crippen LogP contribution in [-0.4, -0.2) is 18.1 Å². The largest absolute Gasteiger partial charge is 0.496 e. The Morgan fingerprint density at radius 2 is 2.05 bits per heavy atom. The van der Waals surface area contributed by atoms with E-state index in [1.165, 1.54) is 19.3 Å². The van der Waals surface area contributed by atoms with E-state index in [9.17, 15) is 0 Å². The second-order valence-corrected chi connectivity index (χ2v) is 6.51. The third-order valence-corrected chi connectivity index (χ3v) is 5.23. The van der Waals surface area contributed by atoms with E-state index in [2.05, 4.69) is 17.3 Å². The molecule has 2 fully saturated rings. The number of nitrogens with zero attached hydrogens (tertiary/aromatic N) is 1. The van der Waals surface area contributed by atoms with E-state index in [0.29, 0.717) is 12.0 Å². The number of aryl methyl sites for hydroxylation is 1. The summed E-state index contributed by atoms with van der Waals surface area (Å²) in [6.07, 6.45) is 6.91. The zero-order chi connectivity index (χ0) is 14.3. The maximum absolute atomic E-state index is 5.80. The highest BCUT2D eigenvalue weighted by Crippen LogP contribution is 2.55.